The molecule has 17 heavy (non-hydrogen) atoms. The van der Waals surface area contributed by atoms with Crippen LogP contribution >= 0.6 is 15.9 Å². The van der Waals surface area contributed by atoms with Crippen molar-refractivity contribution >= 4 is 27.9 Å². The quantitative estimate of drug-likeness (QED) is 0.868. The van der Waals surface area contributed by atoms with Gasteiger partial charge in [-0.25, -0.2) is 0 Å². The number of rotatable bonds is 3. The average Bonchev–Trinajstić information content (AvgIpc) is 2.74. The molecule has 0 bridgehead atoms. The number of carbonyl (C=O) groups is 1. The molecule has 1 N–H and O–H groups in total. The van der Waals surface area contributed by atoms with Gasteiger partial charge in [-0.05, 0) is 47.0 Å². The first-order valence-electron chi connectivity index (χ1n) is 5.98. The van der Waals surface area contributed by atoms with Gasteiger partial charge < -0.3 is 9.73 Å². The summed E-state index contributed by atoms with van der Waals surface area (Å²) in [6.07, 6.45) is 9.16. The average molecular weight is 298 g/mol. The lowest BCUT2D eigenvalue weighted by Gasteiger charge is -2.21. The molecule has 92 valence electrons. The second-order valence-corrected chi connectivity index (χ2v) is 5.10. The summed E-state index contributed by atoms with van der Waals surface area (Å²) in [6.45, 7) is 0. The highest BCUT2D eigenvalue weighted by Gasteiger charge is 2.14. The van der Waals surface area contributed by atoms with Crippen LogP contribution in [-0.2, 0) is 4.79 Å². The third-order valence-electron chi connectivity index (χ3n) is 2.94. The standard InChI is InChI=1S/C13H16BrNO2/c14-12-8-6-11(17-12)7-9-13(16)15-10-4-2-1-3-5-10/h6-10H,1-5H2,(H,15,16)/b9-7+. The number of hydrogen-bond acceptors (Lipinski definition) is 2. The van der Waals surface area contributed by atoms with Gasteiger partial charge in [0.05, 0.1) is 0 Å². The van der Waals surface area contributed by atoms with E-state index in [2.05, 4.69) is 21.2 Å². The third-order valence-corrected chi connectivity index (χ3v) is 3.37. The first kappa shape index (κ1) is 12.4. The highest BCUT2D eigenvalue weighted by molar-refractivity contribution is 9.10. The van der Waals surface area contributed by atoms with Crippen LogP contribution in [-0.4, -0.2) is 11.9 Å². The lowest BCUT2D eigenvalue weighted by Crippen LogP contribution is -2.34. The van der Waals surface area contributed by atoms with E-state index in [1.165, 1.54) is 25.3 Å². The van der Waals surface area contributed by atoms with Crippen molar-refractivity contribution in [3.8, 4) is 0 Å². The zero-order chi connectivity index (χ0) is 12.1. The van der Waals surface area contributed by atoms with Gasteiger partial charge in [0, 0.05) is 12.1 Å². The van der Waals surface area contributed by atoms with Crippen molar-refractivity contribution < 1.29 is 9.21 Å². The Hall–Kier alpha value is -1.03. The smallest absolute Gasteiger partial charge is 0.244 e. The van der Waals surface area contributed by atoms with Gasteiger partial charge in [-0.2, -0.15) is 0 Å². The first-order valence-corrected chi connectivity index (χ1v) is 6.77. The molecule has 1 aromatic heterocycles. The third kappa shape index (κ3) is 4.04. The zero-order valence-electron chi connectivity index (χ0n) is 9.62. The molecule has 0 aliphatic heterocycles. The molecule has 0 radical (unpaired) electrons. The van der Waals surface area contributed by atoms with Crippen LogP contribution in [0, 0.1) is 0 Å². The molecule has 1 aliphatic rings. The van der Waals surface area contributed by atoms with Crippen molar-refractivity contribution in [1.29, 1.82) is 0 Å². The van der Waals surface area contributed by atoms with E-state index in [4.69, 9.17) is 4.42 Å². The van der Waals surface area contributed by atoms with E-state index >= 15 is 0 Å². The van der Waals surface area contributed by atoms with Crippen LogP contribution in [0.15, 0.2) is 27.3 Å². The fourth-order valence-electron chi connectivity index (χ4n) is 2.07. The fourth-order valence-corrected chi connectivity index (χ4v) is 2.39. The summed E-state index contributed by atoms with van der Waals surface area (Å²) >= 11 is 3.22. The second-order valence-electron chi connectivity index (χ2n) is 4.32. The fraction of sp³-hybridized carbons (Fsp3) is 0.462. The van der Waals surface area contributed by atoms with E-state index < -0.39 is 0 Å². The largest absolute Gasteiger partial charge is 0.450 e. The minimum Gasteiger partial charge on any atom is -0.450 e. The predicted octanol–water partition coefficient (Wildman–Crippen LogP) is 3.50. The van der Waals surface area contributed by atoms with E-state index in [0.717, 1.165) is 12.8 Å². The Labute approximate surface area is 109 Å². The maximum absolute atomic E-state index is 11.6. The molecule has 0 aromatic carbocycles. The van der Waals surface area contributed by atoms with Gasteiger partial charge in [-0.15, -0.1) is 0 Å². The number of nitrogens with one attached hydrogen (secondary N) is 1. The zero-order valence-corrected chi connectivity index (χ0v) is 11.2. The van der Waals surface area contributed by atoms with Gasteiger partial charge in [0.25, 0.3) is 0 Å². The molecule has 0 unspecified atom stereocenters. The molecular formula is C13H16BrNO2. The van der Waals surface area contributed by atoms with Gasteiger partial charge in [-0.1, -0.05) is 19.3 Å². The topological polar surface area (TPSA) is 42.2 Å². The number of furan rings is 1. The Morgan fingerprint density at radius 3 is 2.76 bits per heavy atom. The highest BCUT2D eigenvalue weighted by atomic mass is 79.9. The van der Waals surface area contributed by atoms with Crippen molar-refractivity contribution in [2.75, 3.05) is 0 Å². The van der Waals surface area contributed by atoms with E-state index in [-0.39, 0.29) is 5.91 Å². The lowest BCUT2D eigenvalue weighted by atomic mass is 9.95. The SMILES string of the molecule is O=C(/C=C/c1ccc(Br)o1)NC1CCCCC1. The minimum absolute atomic E-state index is 0.0376. The van der Waals surface area contributed by atoms with Gasteiger partial charge in [-0.3, -0.25) is 4.79 Å². The summed E-state index contributed by atoms with van der Waals surface area (Å²) in [5.74, 6) is 0.639. The van der Waals surface area contributed by atoms with Crippen LogP contribution in [0.1, 0.15) is 37.9 Å². The molecule has 1 saturated carbocycles. The number of amides is 1. The van der Waals surface area contributed by atoms with Crippen molar-refractivity contribution in [2.24, 2.45) is 0 Å². The normalized spacial score (nSPS) is 17.5. The summed E-state index contributed by atoms with van der Waals surface area (Å²) in [4.78, 5) is 11.6. The van der Waals surface area contributed by atoms with Crippen molar-refractivity contribution in [3.05, 3.63) is 28.6 Å². The maximum atomic E-state index is 11.6. The maximum Gasteiger partial charge on any atom is 0.244 e. The Morgan fingerprint density at radius 1 is 1.35 bits per heavy atom. The lowest BCUT2D eigenvalue weighted by molar-refractivity contribution is -0.117. The summed E-state index contributed by atoms with van der Waals surface area (Å²) in [5.41, 5.74) is 0. The molecule has 1 amide bonds. The molecule has 1 heterocycles. The van der Waals surface area contributed by atoms with Gasteiger partial charge in [0.2, 0.25) is 5.91 Å². The molecule has 2 rings (SSSR count). The van der Waals surface area contributed by atoms with Crippen molar-refractivity contribution in [2.45, 2.75) is 38.1 Å². The van der Waals surface area contributed by atoms with Crippen LogP contribution in [0.25, 0.3) is 6.08 Å². The van der Waals surface area contributed by atoms with Gasteiger partial charge in [0.1, 0.15) is 5.76 Å². The molecule has 3 nitrogen and oxygen atoms in total. The van der Waals surface area contributed by atoms with Crippen LogP contribution < -0.4 is 5.32 Å². The van der Waals surface area contributed by atoms with Crippen LogP contribution in [0.2, 0.25) is 0 Å². The number of hydrogen-bond donors (Lipinski definition) is 1. The van der Waals surface area contributed by atoms with E-state index in [1.807, 2.05) is 6.07 Å². The van der Waals surface area contributed by atoms with Gasteiger partial charge in [0.15, 0.2) is 4.67 Å². The van der Waals surface area contributed by atoms with E-state index in [1.54, 1.807) is 12.1 Å². The Balaban J connectivity index is 1.82. The molecule has 0 saturated heterocycles. The number of halogens is 1. The second kappa shape index (κ2) is 6.05. The summed E-state index contributed by atoms with van der Waals surface area (Å²) in [5, 5.41) is 3.02. The van der Waals surface area contributed by atoms with Crippen LogP contribution in [0.4, 0.5) is 0 Å². The highest BCUT2D eigenvalue weighted by Crippen LogP contribution is 2.17. The minimum atomic E-state index is -0.0376. The summed E-state index contributed by atoms with van der Waals surface area (Å²) < 4.78 is 5.94. The molecule has 4 heteroatoms. The molecule has 1 aromatic rings. The molecule has 1 fully saturated rings. The summed E-state index contributed by atoms with van der Waals surface area (Å²) in [6, 6.07) is 3.97. The van der Waals surface area contributed by atoms with Crippen molar-refractivity contribution in [1.82, 2.24) is 5.32 Å². The monoisotopic (exact) mass is 297 g/mol. The van der Waals surface area contributed by atoms with Gasteiger partial charge >= 0.3 is 0 Å². The summed E-state index contributed by atoms with van der Waals surface area (Å²) in [7, 11) is 0. The Morgan fingerprint density at radius 2 is 2.12 bits per heavy atom. The van der Waals surface area contributed by atoms with Crippen LogP contribution in [0.5, 0.6) is 0 Å². The van der Waals surface area contributed by atoms with Crippen LogP contribution in [0.3, 0.4) is 0 Å². The van der Waals surface area contributed by atoms with E-state index in [9.17, 15) is 4.79 Å². The van der Waals surface area contributed by atoms with E-state index in [0.29, 0.717) is 16.5 Å². The molecule has 1 aliphatic carbocycles. The predicted molar refractivity (Wildman–Crippen MR) is 70.5 cm³/mol. The Bertz CT molecular complexity index is 405. The Kier molecular flexibility index (Phi) is 4.42. The molecule has 0 spiro atoms. The molecular weight excluding hydrogens is 282 g/mol. The number of carbonyl (C=O) groups excluding carboxylic acids is 1. The molecule has 0 atom stereocenters. The first-order chi connectivity index (χ1) is 8.24. The van der Waals surface area contributed by atoms with Crippen molar-refractivity contribution in [3.63, 3.8) is 0 Å².